The van der Waals surface area contributed by atoms with Crippen molar-refractivity contribution in [3.8, 4) is 22.1 Å². The molecular formula is C23H26N2O3S2. The maximum Gasteiger partial charge on any atom is 0.174 e. The van der Waals surface area contributed by atoms with Crippen LogP contribution in [0.2, 0.25) is 0 Å². The van der Waals surface area contributed by atoms with Crippen LogP contribution in [0.5, 0.6) is 11.5 Å². The molecule has 0 saturated heterocycles. The monoisotopic (exact) mass is 442 g/mol. The number of Topliss-reactive ketones (excluding diaryl/α,β-unsaturated/α-hetero) is 1. The van der Waals surface area contributed by atoms with Crippen LogP contribution >= 0.6 is 23.1 Å². The molecule has 0 spiro atoms. The minimum atomic E-state index is 0.201. The number of carbonyl (C=O) groups is 1. The molecule has 1 aliphatic carbocycles. The van der Waals surface area contributed by atoms with Crippen LogP contribution in [0.3, 0.4) is 0 Å². The van der Waals surface area contributed by atoms with Gasteiger partial charge in [-0.15, -0.1) is 23.1 Å². The molecule has 1 aromatic carbocycles. The first kappa shape index (κ1) is 21.0. The first-order valence-electron chi connectivity index (χ1n) is 9.98. The van der Waals surface area contributed by atoms with E-state index < -0.39 is 0 Å². The summed E-state index contributed by atoms with van der Waals surface area (Å²) in [6.07, 6.45) is 2.45. The number of benzene rings is 1. The molecule has 0 atom stereocenters. The number of methoxy groups -OCH3 is 2. The van der Waals surface area contributed by atoms with E-state index in [1.807, 2.05) is 24.3 Å². The molecular weight excluding hydrogens is 416 g/mol. The van der Waals surface area contributed by atoms with E-state index in [4.69, 9.17) is 14.5 Å². The number of thiazole rings is 1. The zero-order chi connectivity index (χ0) is 21.3. The average molecular weight is 443 g/mol. The van der Waals surface area contributed by atoms with E-state index in [1.54, 1.807) is 37.3 Å². The molecule has 0 aliphatic heterocycles. The van der Waals surface area contributed by atoms with Crippen molar-refractivity contribution in [2.45, 2.75) is 38.5 Å². The van der Waals surface area contributed by atoms with Crippen LogP contribution in [0.1, 0.15) is 46.3 Å². The molecule has 5 nitrogen and oxygen atoms in total. The van der Waals surface area contributed by atoms with E-state index in [0.29, 0.717) is 17.5 Å². The molecule has 30 heavy (non-hydrogen) atoms. The highest BCUT2D eigenvalue weighted by Crippen LogP contribution is 2.39. The second kappa shape index (κ2) is 8.86. The van der Waals surface area contributed by atoms with Gasteiger partial charge in [-0.25, -0.2) is 4.98 Å². The van der Waals surface area contributed by atoms with E-state index in [2.05, 4.69) is 23.8 Å². The van der Waals surface area contributed by atoms with Crippen molar-refractivity contribution < 1.29 is 14.3 Å². The van der Waals surface area contributed by atoms with Crippen molar-refractivity contribution in [3.05, 3.63) is 52.3 Å². The maximum absolute atomic E-state index is 12.8. The van der Waals surface area contributed by atoms with Crippen molar-refractivity contribution in [3.63, 3.8) is 0 Å². The number of nitrogens with zero attached hydrogens (tertiary/aromatic N) is 2. The minimum absolute atomic E-state index is 0.201. The van der Waals surface area contributed by atoms with Gasteiger partial charge in [0.05, 0.1) is 31.2 Å². The summed E-state index contributed by atoms with van der Waals surface area (Å²) in [5.74, 6) is 2.87. The van der Waals surface area contributed by atoms with Gasteiger partial charge < -0.3 is 14.0 Å². The van der Waals surface area contributed by atoms with Gasteiger partial charge in [-0.2, -0.15) is 0 Å². The number of ketones is 1. The van der Waals surface area contributed by atoms with Crippen LogP contribution in [-0.4, -0.2) is 35.3 Å². The molecule has 0 amide bonds. The minimum Gasteiger partial charge on any atom is -0.497 e. The first-order valence-corrected chi connectivity index (χ1v) is 12.0. The zero-order valence-electron chi connectivity index (χ0n) is 17.7. The summed E-state index contributed by atoms with van der Waals surface area (Å²) in [4.78, 5) is 17.5. The molecule has 0 unspecified atom stereocenters. The second-order valence-corrected chi connectivity index (χ2v) is 9.36. The highest BCUT2D eigenvalue weighted by molar-refractivity contribution is 7.99. The number of aryl methyl sites for hydroxylation is 1. The molecule has 7 heteroatoms. The van der Waals surface area contributed by atoms with Crippen LogP contribution in [-0.2, 0) is 5.75 Å². The lowest BCUT2D eigenvalue weighted by Crippen LogP contribution is -2.06. The summed E-state index contributed by atoms with van der Waals surface area (Å²) in [5, 5.41) is 2.96. The Labute approximate surface area is 185 Å². The van der Waals surface area contributed by atoms with Gasteiger partial charge in [0.25, 0.3) is 0 Å². The van der Waals surface area contributed by atoms with Gasteiger partial charge in [0, 0.05) is 40.2 Å². The van der Waals surface area contributed by atoms with Gasteiger partial charge in [0.2, 0.25) is 0 Å². The van der Waals surface area contributed by atoms with Crippen molar-refractivity contribution in [1.82, 2.24) is 9.55 Å². The standard InChI is InChI=1S/C23H26N2O3S2/c1-14-9-20(15(2)25(14)17-5-6-17)21(26)13-29-11-16-12-30-23(24-16)19-8-7-18(27-3)10-22(19)28-4/h7-10,12,17H,5-6,11,13H2,1-4H3. The molecule has 1 aliphatic rings. The van der Waals surface area contributed by atoms with Crippen LogP contribution < -0.4 is 9.47 Å². The van der Waals surface area contributed by atoms with Gasteiger partial charge in [0.1, 0.15) is 16.5 Å². The van der Waals surface area contributed by atoms with E-state index in [9.17, 15) is 4.79 Å². The SMILES string of the molecule is COc1ccc(-c2nc(CSCC(=O)c3cc(C)n(C4CC4)c3C)cs2)c(OC)c1. The Kier molecular flexibility index (Phi) is 6.20. The second-order valence-electron chi connectivity index (χ2n) is 7.51. The molecule has 0 bridgehead atoms. The summed E-state index contributed by atoms with van der Waals surface area (Å²) in [7, 11) is 3.28. The third-order valence-electron chi connectivity index (χ3n) is 5.37. The molecule has 2 aromatic heterocycles. The Morgan fingerprint density at radius 3 is 2.73 bits per heavy atom. The number of rotatable bonds is 9. The van der Waals surface area contributed by atoms with Gasteiger partial charge in [0.15, 0.2) is 5.78 Å². The summed E-state index contributed by atoms with van der Waals surface area (Å²) >= 11 is 3.20. The number of thioether (sulfide) groups is 1. The van der Waals surface area contributed by atoms with Crippen molar-refractivity contribution >= 4 is 28.9 Å². The molecule has 3 aromatic rings. The Bertz CT molecular complexity index is 1070. The van der Waals surface area contributed by atoms with E-state index >= 15 is 0 Å². The fourth-order valence-corrected chi connectivity index (χ4v) is 5.51. The lowest BCUT2D eigenvalue weighted by Gasteiger charge is -2.08. The van der Waals surface area contributed by atoms with Crippen LogP contribution in [0.15, 0.2) is 29.6 Å². The van der Waals surface area contributed by atoms with Gasteiger partial charge in [-0.1, -0.05) is 0 Å². The molecule has 0 N–H and O–H groups in total. The smallest absolute Gasteiger partial charge is 0.174 e. The summed E-state index contributed by atoms with van der Waals surface area (Å²) in [6, 6.07) is 8.38. The molecule has 158 valence electrons. The number of aromatic nitrogens is 2. The van der Waals surface area contributed by atoms with E-state index in [-0.39, 0.29) is 5.78 Å². The first-order chi connectivity index (χ1) is 14.5. The van der Waals surface area contributed by atoms with Crippen molar-refractivity contribution in [1.29, 1.82) is 0 Å². The summed E-state index contributed by atoms with van der Waals surface area (Å²) in [5.41, 5.74) is 5.11. The van der Waals surface area contributed by atoms with Gasteiger partial charge in [-0.3, -0.25) is 4.79 Å². The molecule has 1 saturated carbocycles. The number of ether oxygens (including phenoxy) is 2. The lowest BCUT2D eigenvalue weighted by atomic mass is 10.2. The Hall–Kier alpha value is -2.25. The third-order valence-corrected chi connectivity index (χ3v) is 7.26. The number of hydrogen-bond acceptors (Lipinski definition) is 6. The molecule has 4 rings (SSSR count). The molecule has 2 heterocycles. The Balaban J connectivity index is 1.38. The van der Waals surface area contributed by atoms with Crippen molar-refractivity contribution in [2.75, 3.05) is 20.0 Å². The van der Waals surface area contributed by atoms with Crippen LogP contribution in [0.25, 0.3) is 10.6 Å². The fraction of sp³-hybridized carbons (Fsp3) is 0.391. The maximum atomic E-state index is 12.8. The summed E-state index contributed by atoms with van der Waals surface area (Å²) in [6.45, 7) is 4.16. The Morgan fingerprint density at radius 1 is 1.23 bits per heavy atom. The fourth-order valence-electron chi connectivity index (χ4n) is 3.75. The van der Waals surface area contributed by atoms with E-state index in [1.165, 1.54) is 18.5 Å². The Morgan fingerprint density at radius 2 is 2.03 bits per heavy atom. The lowest BCUT2D eigenvalue weighted by molar-refractivity contribution is 0.102. The number of carbonyl (C=O) groups excluding carboxylic acids is 1. The summed E-state index contributed by atoms with van der Waals surface area (Å²) < 4.78 is 13.1. The van der Waals surface area contributed by atoms with Gasteiger partial charge >= 0.3 is 0 Å². The largest absolute Gasteiger partial charge is 0.497 e. The normalized spacial score (nSPS) is 13.5. The highest BCUT2D eigenvalue weighted by atomic mass is 32.2. The predicted molar refractivity (Wildman–Crippen MR) is 123 cm³/mol. The van der Waals surface area contributed by atoms with Crippen LogP contribution in [0.4, 0.5) is 0 Å². The van der Waals surface area contributed by atoms with Crippen LogP contribution in [0, 0.1) is 13.8 Å². The van der Waals surface area contributed by atoms with Crippen molar-refractivity contribution in [2.24, 2.45) is 0 Å². The molecule has 0 radical (unpaired) electrons. The third kappa shape index (κ3) is 4.27. The topological polar surface area (TPSA) is 53.3 Å². The number of hydrogen-bond donors (Lipinski definition) is 0. The van der Waals surface area contributed by atoms with Gasteiger partial charge in [-0.05, 0) is 44.9 Å². The zero-order valence-corrected chi connectivity index (χ0v) is 19.4. The quantitative estimate of drug-likeness (QED) is 0.398. The van der Waals surface area contributed by atoms with E-state index in [0.717, 1.165) is 39.0 Å². The highest BCUT2D eigenvalue weighted by Gasteiger charge is 2.28. The average Bonchev–Trinajstić information content (AvgIpc) is 3.39. The molecule has 1 fully saturated rings. The predicted octanol–water partition coefficient (Wildman–Crippen LogP) is 5.70.